The summed E-state index contributed by atoms with van der Waals surface area (Å²) in [5, 5.41) is 0. The van der Waals surface area contributed by atoms with E-state index in [9.17, 15) is 0 Å². The summed E-state index contributed by atoms with van der Waals surface area (Å²) in [6, 6.07) is 9.09. The molecule has 0 aliphatic rings. The van der Waals surface area contributed by atoms with Crippen LogP contribution in [0.3, 0.4) is 0 Å². The molecule has 0 amide bonds. The molecule has 0 saturated heterocycles. The van der Waals surface area contributed by atoms with Gasteiger partial charge in [-0.2, -0.15) is 0 Å². The van der Waals surface area contributed by atoms with Crippen molar-refractivity contribution in [3.8, 4) is 0 Å². The molecule has 0 spiro atoms. The summed E-state index contributed by atoms with van der Waals surface area (Å²) in [6.07, 6.45) is 3.94. The van der Waals surface area contributed by atoms with Gasteiger partial charge in [0.05, 0.1) is 0 Å². The van der Waals surface area contributed by atoms with Gasteiger partial charge in [0, 0.05) is 0 Å². The molecule has 0 fully saturated rings. The van der Waals surface area contributed by atoms with Crippen LogP contribution < -0.4 is 15.0 Å². The van der Waals surface area contributed by atoms with Gasteiger partial charge in [-0.05, 0) is 0 Å². The summed E-state index contributed by atoms with van der Waals surface area (Å²) < 4.78 is 6.05. The molecule has 3 nitrogen and oxygen atoms in total. The van der Waals surface area contributed by atoms with E-state index in [1.807, 2.05) is 0 Å². The van der Waals surface area contributed by atoms with E-state index in [1.54, 1.807) is 3.58 Å². The molecule has 0 aromatic heterocycles. The molecule has 1 rings (SSSR count). The summed E-state index contributed by atoms with van der Waals surface area (Å²) in [5.74, 6) is 0.172. The second-order valence-electron chi connectivity index (χ2n) is 5.97. The van der Waals surface area contributed by atoms with Gasteiger partial charge in [-0.3, -0.25) is 0 Å². The Labute approximate surface area is 134 Å². The predicted octanol–water partition coefficient (Wildman–Crippen LogP) is 3.35. The first kappa shape index (κ1) is 18.3. The molecule has 1 aromatic rings. The van der Waals surface area contributed by atoms with Gasteiger partial charge in [-0.15, -0.1) is 0 Å². The quantitative estimate of drug-likeness (QED) is 0.382. The van der Waals surface area contributed by atoms with E-state index in [0.29, 0.717) is 6.54 Å². The minimum atomic E-state index is -2.23. The van der Waals surface area contributed by atoms with Crippen molar-refractivity contribution in [2.45, 2.75) is 59.9 Å². The van der Waals surface area contributed by atoms with Crippen LogP contribution in [-0.4, -0.2) is 24.3 Å². The van der Waals surface area contributed by atoms with Crippen molar-refractivity contribution in [3.05, 3.63) is 29.8 Å². The van der Waals surface area contributed by atoms with Crippen molar-refractivity contribution in [1.82, 2.24) is 0 Å². The van der Waals surface area contributed by atoms with E-state index in [-0.39, 0.29) is 5.96 Å². The second-order valence-corrected chi connectivity index (χ2v) is 19.2. The van der Waals surface area contributed by atoms with Crippen LogP contribution in [0, 0.1) is 0 Å². The molecule has 4 N–H and O–H groups in total. The standard InChI is InChI=1S/C8H10N3.3C3H7.Sn/c9-8(10)11-6-7-4-2-1-3-5-7;3*1-3-2;/h1-2,4-5H,6H2,(H4,9,10,11);3*1,3H2,2H3;. The van der Waals surface area contributed by atoms with Crippen molar-refractivity contribution in [1.29, 1.82) is 0 Å². The number of aliphatic imine (C=N–C) groups is 1. The Morgan fingerprint density at radius 3 is 2.05 bits per heavy atom. The molecule has 0 aliphatic heterocycles. The Hall–Kier alpha value is -0.711. The molecule has 21 heavy (non-hydrogen) atoms. The third-order valence-electron chi connectivity index (χ3n) is 4.17. The average Bonchev–Trinajstić information content (AvgIpc) is 2.46. The molecule has 4 heteroatoms. The van der Waals surface area contributed by atoms with Crippen LogP contribution in [0.1, 0.15) is 45.6 Å². The number of nitrogens with zero attached hydrogens (tertiary/aromatic N) is 1. The van der Waals surface area contributed by atoms with Gasteiger partial charge >= 0.3 is 134 Å². The molecule has 0 unspecified atom stereocenters. The van der Waals surface area contributed by atoms with E-state index < -0.39 is 18.4 Å². The van der Waals surface area contributed by atoms with Crippen molar-refractivity contribution < 1.29 is 0 Å². The molecule has 0 saturated carbocycles. The first-order valence-electron chi connectivity index (χ1n) is 8.22. The summed E-state index contributed by atoms with van der Waals surface area (Å²) >= 11 is -2.23. The fourth-order valence-electron chi connectivity index (χ4n) is 3.43. The van der Waals surface area contributed by atoms with Gasteiger partial charge in [-0.1, -0.05) is 0 Å². The third-order valence-corrected chi connectivity index (χ3v) is 21.0. The first-order chi connectivity index (χ1) is 10.1. The number of hydrogen-bond donors (Lipinski definition) is 2. The molecule has 1 aromatic carbocycles. The molecule has 0 aliphatic carbocycles. The number of hydrogen-bond acceptors (Lipinski definition) is 1. The van der Waals surface area contributed by atoms with E-state index in [0.717, 1.165) is 0 Å². The van der Waals surface area contributed by atoms with Crippen LogP contribution >= 0.6 is 0 Å². The zero-order valence-corrected chi connectivity index (χ0v) is 16.7. The minimum absolute atomic E-state index is 0.172. The number of rotatable bonds is 9. The van der Waals surface area contributed by atoms with Crippen molar-refractivity contribution in [3.63, 3.8) is 0 Å². The third kappa shape index (κ3) is 5.53. The summed E-state index contributed by atoms with van der Waals surface area (Å²) in [5.41, 5.74) is 12.1. The summed E-state index contributed by atoms with van der Waals surface area (Å²) in [6.45, 7) is 7.60. The zero-order chi connectivity index (χ0) is 15.7. The average molecular weight is 396 g/mol. The zero-order valence-electron chi connectivity index (χ0n) is 13.9. The molecular weight excluding hydrogens is 365 g/mol. The Balaban J connectivity index is 3.11. The molecular formula is C17H31N3Sn. The summed E-state index contributed by atoms with van der Waals surface area (Å²) in [7, 11) is 0. The Morgan fingerprint density at radius 1 is 1.00 bits per heavy atom. The van der Waals surface area contributed by atoms with Crippen LogP contribution in [0.4, 0.5) is 0 Å². The van der Waals surface area contributed by atoms with Crippen LogP contribution in [0.2, 0.25) is 13.3 Å². The van der Waals surface area contributed by atoms with E-state index >= 15 is 0 Å². The van der Waals surface area contributed by atoms with Crippen LogP contribution in [0.5, 0.6) is 0 Å². The number of benzene rings is 1. The molecule has 0 bridgehead atoms. The summed E-state index contributed by atoms with van der Waals surface area (Å²) in [4.78, 5) is 4.15. The Kier molecular flexibility index (Phi) is 8.15. The van der Waals surface area contributed by atoms with Crippen molar-refractivity contribution in [2.75, 3.05) is 0 Å². The van der Waals surface area contributed by atoms with Gasteiger partial charge in [0.15, 0.2) is 0 Å². The van der Waals surface area contributed by atoms with Crippen molar-refractivity contribution >= 4 is 27.9 Å². The predicted molar refractivity (Wildman–Crippen MR) is 96.6 cm³/mol. The maximum atomic E-state index is 5.45. The van der Waals surface area contributed by atoms with Gasteiger partial charge < -0.3 is 0 Å². The van der Waals surface area contributed by atoms with Crippen LogP contribution in [0.25, 0.3) is 0 Å². The van der Waals surface area contributed by atoms with Gasteiger partial charge in [0.25, 0.3) is 0 Å². The Morgan fingerprint density at radius 2 is 1.57 bits per heavy atom. The topological polar surface area (TPSA) is 64.4 Å². The van der Waals surface area contributed by atoms with E-state index in [1.165, 1.54) is 38.1 Å². The van der Waals surface area contributed by atoms with Gasteiger partial charge in [0.2, 0.25) is 0 Å². The fourth-order valence-corrected chi connectivity index (χ4v) is 18.9. The van der Waals surface area contributed by atoms with E-state index in [2.05, 4.69) is 50.0 Å². The Bertz CT molecular complexity index is 436. The monoisotopic (exact) mass is 397 g/mol. The molecule has 0 atom stereocenters. The van der Waals surface area contributed by atoms with E-state index in [4.69, 9.17) is 11.5 Å². The van der Waals surface area contributed by atoms with Gasteiger partial charge in [-0.25, -0.2) is 0 Å². The second kappa shape index (κ2) is 9.34. The fraction of sp³-hybridized carbons (Fsp3) is 0.588. The number of nitrogens with two attached hydrogens (primary N) is 2. The molecule has 0 radical (unpaired) electrons. The molecule has 0 heterocycles. The molecule has 118 valence electrons. The van der Waals surface area contributed by atoms with Crippen LogP contribution in [-0.2, 0) is 6.54 Å². The normalized spacial score (nSPS) is 11.4. The SMILES string of the molecule is CC[CH2][Sn]([CH2]CC)([CH2]CC)[c]1cccc(CN=C(N)N)c1. The van der Waals surface area contributed by atoms with Crippen molar-refractivity contribution in [2.24, 2.45) is 16.5 Å². The van der Waals surface area contributed by atoms with Crippen LogP contribution in [0.15, 0.2) is 29.3 Å². The maximum absolute atomic E-state index is 5.45. The number of guanidine groups is 1. The first-order valence-corrected chi connectivity index (χ1v) is 15.7. The van der Waals surface area contributed by atoms with Gasteiger partial charge in [0.1, 0.15) is 0 Å².